The number of anilines is 1. The van der Waals surface area contributed by atoms with Crippen molar-refractivity contribution in [3.63, 3.8) is 0 Å². The van der Waals surface area contributed by atoms with Gasteiger partial charge in [-0.1, -0.05) is 13.0 Å². The molecule has 24 heavy (non-hydrogen) atoms. The second-order valence-electron chi connectivity index (χ2n) is 7.25. The number of ether oxygens (including phenoxy) is 1. The first kappa shape index (κ1) is 16.6. The van der Waals surface area contributed by atoms with Crippen LogP contribution in [0, 0.1) is 0 Å². The van der Waals surface area contributed by atoms with Crippen LogP contribution in [0.4, 0.5) is 11.4 Å². The van der Waals surface area contributed by atoms with Crippen LogP contribution < -0.4 is 9.64 Å². The Morgan fingerprint density at radius 3 is 2.54 bits per heavy atom. The Labute approximate surface area is 145 Å². The Morgan fingerprint density at radius 2 is 1.88 bits per heavy atom. The van der Waals surface area contributed by atoms with Gasteiger partial charge in [-0.25, -0.2) is 0 Å². The van der Waals surface area contributed by atoms with E-state index in [0.29, 0.717) is 5.92 Å². The molecule has 1 aliphatic heterocycles. The average Bonchev–Trinajstić information content (AvgIpc) is 2.58. The Bertz CT molecular complexity index is 747. The molecule has 0 N–H and O–H groups in total. The number of benzene rings is 2. The third-order valence-electron chi connectivity index (χ3n) is 5.09. The fraction of sp³-hybridized carbons (Fsp3) is 0.381. The summed E-state index contributed by atoms with van der Waals surface area (Å²) in [6.45, 7) is 6.94. The Morgan fingerprint density at radius 1 is 1.17 bits per heavy atom. The highest BCUT2D eigenvalue weighted by Gasteiger charge is 2.33. The Hall–Kier alpha value is -2.29. The average molecular weight is 322 g/mol. The smallest absolute Gasteiger partial charge is 0.119 e. The van der Waals surface area contributed by atoms with Crippen LogP contribution in [0.25, 0.3) is 0 Å². The van der Waals surface area contributed by atoms with Gasteiger partial charge in [0.05, 0.1) is 12.8 Å². The van der Waals surface area contributed by atoms with Gasteiger partial charge >= 0.3 is 0 Å². The van der Waals surface area contributed by atoms with Gasteiger partial charge < -0.3 is 9.64 Å². The van der Waals surface area contributed by atoms with Crippen LogP contribution in [0.3, 0.4) is 0 Å². The molecule has 0 aliphatic carbocycles. The number of aliphatic imine (C=N–C) groups is 1. The van der Waals surface area contributed by atoms with Gasteiger partial charge in [0.1, 0.15) is 5.75 Å². The fourth-order valence-electron chi connectivity index (χ4n) is 3.49. The van der Waals surface area contributed by atoms with E-state index in [0.717, 1.165) is 23.4 Å². The maximum atomic E-state index is 5.18. The van der Waals surface area contributed by atoms with Gasteiger partial charge in [-0.05, 0) is 73.7 Å². The van der Waals surface area contributed by atoms with Crippen LogP contribution in [0.2, 0.25) is 0 Å². The number of nitrogens with zero attached hydrogens (tertiary/aromatic N) is 2. The quantitative estimate of drug-likeness (QED) is 0.728. The molecule has 1 aliphatic rings. The lowest BCUT2D eigenvalue weighted by molar-refractivity contribution is 0.395. The lowest BCUT2D eigenvalue weighted by Crippen LogP contribution is -2.45. The highest BCUT2D eigenvalue weighted by Crippen LogP contribution is 2.42. The van der Waals surface area contributed by atoms with Gasteiger partial charge in [0.2, 0.25) is 0 Å². The molecule has 2 aromatic carbocycles. The van der Waals surface area contributed by atoms with Crippen molar-refractivity contribution in [2.24, 2.45) is 4.99 Å². The summed E-state index contributed by atoms with van der Waals surface area (Å²) >= 11 is 0. The third-order valence-corrected chi connectivity index (χ3v) is 5.09. The van der Waals surface area contributed by atoms with Gasteiger partial charge in [-0.15, -0.1) is 0 Å². The van der Waals surface area contributed by atoms with E-state index in [9.17, 15) is 0 Å². The highest BCUT2D eigenvalue weighted by atomic mass is 16.5. The summed E-state index contributed by atoms with van der Waals surface area (Å²) in [5.74, 6) is 1.41. The Balaban J connectivity index is 1.86. The molecule has 1 atom stereocenters. The van der Waals surface area contributed by atoms with Gasteiger partial charge in [0.15, 0.2) is 0 Å². The number of rotatable bonds is 3. The van der Waals surface area contributed by atoms with Crippen molar-refractivity contribution in [1.29, 1.82) is 0 Å². The van der Waals surface area contributed by atoms with E-state index in [1.165, 1.54) is 11.3 Å². The van der Waals surface area contributed by atoms with Crippen molar-refractivity contribution in [2.45, 2.75) is 38.6 Å². The molecule has 126 valence electrons. The summed E-state index contributed by atoms with van der Waals surface area (Å²) in [5, 5.41) is 0. The first-order valence-electron chi connectivity index (χ1n) is 8.46. The summed E-state index contributed by atoms with van der Waals surface area (Å²) in [5.41, 5.74) is 5.02. The van der Waals surface area contributed by atoms with Gasteiger partial charge in [-0.3, -0.25) is 4.99 Å². The van der Waals surface area contributed by atoms with Crippen molar-refractivity contribution in [1.82, 2.24) is 0 Å². The fourth-order valence-corrected chi connectivity index (χ4v) is 3.49. The van der Waals surface area contributed by atoms with Gasteiger partial charge in [-0.2, -0.15) is 0 Å². The third kappa shape index (κ3) is 3.16. The molecule has 0 radical (unpaired) electrons. The molecule has 3 heteroatoms. The van der Waals surface area contributed by atoms with Crippen LogP contribution in [0.15, 0.2) is 47.5 Å². The van der Waals surface area contributed by atoms with Crippen LogP contribution in [-0.4, -0.2) is 25.9 Å². The van der Waals surface area contributed by atoms with E-state index in [4.69, 9.17) is 4.74 Å². The molecule has 3 nitrogen and oxygen atoms in total. The number of methoxy groups -OCH3 is 1. The molecule has 0 unspecified atom stereocenters. The molecule has 0 spiro atoms. The number of fused-ring (bicyclic) bond motifs is 1. The van der Waals surface area contributed by atoms with E-state index < -0.39 is 0 Å². The summed E-state index contributed by atoms with van der Waals surface area (Å²) in [7, 11) is 3.86. The normalized spacial score (nSPS) is 19.4. The predicted octanol–water partition coefficient (Wildman–Crippen LogP) is 5.17. The van der Waals surface area contributed by atoms with E-state index in [2.05, 4.69) is 55.9 Å². The van der Waals surface area contributed by atoms with Crippen LogP contribution >= 0.6 is 0 Å². The molecular formula is C21H26N2O. The first-order chi connectivity index (χ1) is 11.4. The van der Waals surface area contributed by atoms with Crippen molar-refractivity contribution in [2.75, 3.05) is 19.1 Å². The molecule has 0 bridgehead atoms. The minimum atomic E-state index is 0.200. The topological polar surface area (TPSA) is 24.8 Å². The lowest BCUT2D eigenvalue weighted by Gasteiger charge is -2.45. The minimum Gasteiger partial charge on any atom is -0.497 e. The van der Waals surface area contributed by atoms with Crippen molar-refractivity contribution in [3.8, 4) is 5.75 Å². The molecule has 0 aromatic heterocycles. The lowest BCUT2D eigenvalue weighted by atomic mass is 9.80. The minimum absolute atomic E-state index is 0.200. The SMILES string of the molecule is COc1ccc(N=Cc2ccc3c(c2)[C@H](C)CC(C)(C)N3C)cc1. The summed E-state index contributed by atoms with van der Waals surface area (Å²) in [6, 6.07) is 14.4. The second-order valence-corrected chi connectivity index (χ2v) is 7.25. The van der Waals surface area contributed by atoms with Crippen LogP contribution in [0.1, 0.15) is 44.2 Å². The number of hydrogen-bond donors (Lipinski definition) is 0. The van der Waals surface area contributed by atoms with Gasteiger partial charge in [0.25, 0.3) is 0 Å². The van der Waals surface area contributed by atoms with E-state index >= 15 is 0 Å². The number of hydrogen-bond acceptors (Lipinski definition) is 3. The predicted molar refractivity (Wildman–Crippen MR) is 102 cm³/mol. The molecule has 0 saturated heterocycles. The first-order valence-corrected chi connectivity index (χ1v) is 8.46. The molecule has 0 saturated carbocycles. The molecular weight excluding hydrogens is 296 g/mol. The zero-order chi connectivity index (χ0) is 17.3. The van der Waals surface area contributed by atoms with Crippen molar-refractivity contribution >= 4 is 17.6 Å². The Kier molecular flexibility index (Phi) is 4.35. The summed E-state index contributed by atoms with van der Waals surface area (Å²) < 4.78 is 5.18. The zero-order valence-corrected chi connectivity index (χ0v) is 15.2. The largest absolute Gasteiger partial charge is 0.497 e. The molecule has 2 aromatic rings. The van der Waals surface area contributed by atoms with Crippen LogP contribution in [-0.2, 0) is 0 Å². The van der Waals surface area contributed by atoms with E-state index in [1.807, 2.05) is 30.5 Å². The maximum absolute atomic E-state index is 5.18. The van der Waals surface area contributed by atoms with Gasteiger partial charge in [0, 0.05) is 24.5 Å². The maximum Gasteiger partial charge on any atom is 0.119 e. The van der Waals surface area contributed by atoms with Crippen molar-refractivity contribution in [3.05, 3.63) is 53.6 Å². The molecule has 0 amide bonds. The standard InChI is InChI=1S/C21H26N2O/c1-15-13-21(2,3)23(4)20-11-6-16(12-19(15)20)14-22-17-7-9-18(24-5)10-8-17/h6-12,14-15H,13H2,1-5H3/t15-/m1/s1. The molecule has 1 heterocycles. The highest BCUT2D eigenvalue weighted by molar-refractivity contribution is 5.83. The summed E-state index contributed by atoms with van der Waals surface area (Å²) in [4.78, 5) is 6.97. The monoisotopic (exact) mass is 322 g/mol. The zero-order valence-electron chi connectivity index (χ0n) is 15.2. The van der Waals surface area contributed by atoms with Crippen LogP contribution in [0.5, 0.6) is 5.75 Å². The van der Waals surface area contributed by atoms with E-state index in [1.54, 1.807) is 7.11 Å². The second kappa shape index (κ2) is 6.31. The van der Waals surface area contributed by atoms with Crippen molar-refractivity contribution < 1.29 is 4.74 Å². The summed E-state index contributed by atoms with van der Waals surface area (Å²) in [6.07, 6.45) is 3.10. The molecule has 3 rings (SSSR count). The molecule has 0 fully saturated rings. The van der Waals surface area contributed by atoms with E-state index in [-0.39, 0.29) is 5.54 Å².